The van der Waals surface area contributed by atoms with Crippen LogP contribution in [-0.2, 0) is 9.59 Å². The van der Waals surface area contributed by atoms with Crippen LogP contribution < -0.4 is 40.9 Å². The summed E-state index contributed by atoms with van der Waals surface area (Å²) < 4.78 is 5.29. The standard InChI is InChI=1S/C35H44I6N6O15.3C6H5.Bi/c1-13(52)46(30-26(38)20(32(59)42-3-15(54)9-48)24(36)21(27(30)39)33(60)43-4-16(55)10-49)7-19(58)8-47(14(2)53)31-28(40)22(34(61)44-5-17(56)11-50)25(37)23(29(31)41)35(62)45-6-18(57)12-51;3*1-2-4-6-5-3-1;/h15-19,48-51,54-58H,3-12H2,1-2H3,(H,42,59)(H,43,60)(H,44,61)(H,45,62);3*1-5H;. The molecule has 0 spiro atoms. The molecule has 0 fully saturated rings. The molecule has 4 atom stereocenters. The van der Waals surface area contributed by atoms with Crippen LogP contribution in [-0.4, -0.2) is 199 Å². The van der Waals surface area contributed by atoms with E-state index in [1.165, 1.54) is 9.81 Å². The zero-order chi connectivity index (χ0) is 60.2. The van der Waals surface area contributed by atoms with Crippen molar-refractivity contribution in [3.63, 3.8) is 0 Å². The Morgan fingerprint density at radius 2 is 0.617 bits per heavy atom. The Morgan fingerprint density at radius 3 is 0.815 bits per heavy atom. The fourth-order valence-electron chi connectivity index (χ4n) is 7.44. The first-order chi connectivity index (χ1) is 38.4. The Kier molecular flexibility index (Phi) is 31.2. The second-order valence-corrected chi connectivity index (χ2v) is 32.6. The molecule has 28 heteroatoms. The third-order valence-electron chi connectivity index (χ3n) is 11.5. The number of aliphatic hydroxyl groups excluding tert-OH is 9. The van der Waals surface area contributed by atoms with E-state index in [1.807, 2.05) is 0 Å². The molecular formula is C53H59BiI6N6O15. The molecule has 5 aromatic rings. The van der Waals surface area contributed by atoms with E-state index >= 15 is 0 Å². The molecule has 4 unspecified atom stereocenters. The molecule has 13 N–H and O–H groups in total. The summed E-state index contributed by atoms with van der Waals surface area (Å²) >= 11 is 8.58. The first-order valence-corrected chi connectivity index (χ1v) is 36.0. The van der Waals surface area contributed by atoms with E-state index < -0.39 is 127 Å². The van der Waals surface area contributed by atoms with Gasteiger partial charge in [0.25, 0.3) is 23.6 Å². The van der Waals surface area contributed by atoms with Gasteiger partial charge in [0.2, 0.25) is 11.8 Å². The topological polar surface area (TPSA) is 339 Å². The third-order valence-corrected chi connectivity index (χ3v) is 27.3. The molecule has 5 aromatic carbocycles. The predicted octanol–water partition coefficient (Wildman–Crippen LogP) is 0.616. The average molecular weight is 1990 g/mol. The van der Waals surface area contributed by atoms with Gasteiger partial charge in [0.1, 0.15) is 0 Å². The second kappa shape index (κ2) is 35.5. The van der Waals surface area contributed by atoms with Gasteiger partial charge >= 0.3 is 123 Å². The van der Waals surface area contributed by atoms with E-state index in [0.29, 0.717) is 0 Å². The summed E-state index contributed by atoms with van der Waals surface area (Å²) in [4.78, 5) is 83.8. The van der Waals surface area contributed by atoms with Gasteiger partial charge in [0.05, 0.1) is 118 Å². The number of nitrogens with one attached hydrogen (secondary N) is 4. The van der Waals surface area contributed by atoms with Gasteiger partial charge in [-0.05, 0) is 136 Å². The van der Waals surface area contributed by atoms with E-state index in [2.05, 4.69) is 112 Å². The fourth-order valence-corrected chi connectivity index (χ4v) is 25.9. The van der Waals surface area contributed by atoms with Gasteiger partial charge < -0.3 is 77.0 Å². The average Bonchev–Trinajstić information content (AvgIpc) is 3.50. The molecule has 0 aliphatic rings. The number of hydrogen-bond donors (Lipinski definition) is 13. The van der Waals surface area contributed by atoms with Crippen LogP contribution in [0.15, 0.2) is 91.0 Å². The van der Waals surface area contributed by atoms with Crippen molar-refractivity contribution in [2.45, 2.75) is 44.4 Å². The Labute approximate surface area is 557 Å². The number of carbonyl (C=O) groups excluding carboxylic acids is 6. The van der Waals surface area contributed by atoms with Crippen LogP contribution >= 0.6 is 136 Å². The minimum atomic E-state index is -2.06. The number of aliphatic hydroxyl groups is 9. The Hall–Kier alpha value is -2.18. The molecule has 0 aliphatic carbocycles. The van der Waals surface area contributed by atoms with E-state index in [0.717, 1.165) is 23.6 Å². The summed E-state index contributed by atoms with van der Waals surface area (Å²) in [6, 6.07) is 33.0. The predicted molar refractivity (Wildman–Crippen MR) is 357 cm³/mol. The van der Waals surface area contributed by atoms with Crippen molar-refractivity contribution in [3.05, 3.63) is 135 Å². The van der Waals surface area contributed by atoms with Crippen molar-refractivity contribution in [1.82, 2.24) is 21.3 Å². The number of nitrogens with zero attached hydrogens (tertiary/aromatic N) is 2. The number of anilines is 2. The van der Waals surface area contributed by atoms with Crippen LogP contribution in [0.3, 0.4) is 0 Å². The van der Waals surface area contributed by atoms with Crippen molar-refractivity contribution in [2.24, 2.45) is 0 Å². The van der Waals surface area contributed by atoms with Crippen molar-refractivity contribution in [3.8, 4) is 0 Å². The minimum absolute atomic E-state index is 0.0141. The second-order valence-electron chi connectivity index (χ2n) is 17.5. The monoisotopic (exact) mass is 1990 g/mol. The van der Waals surface area contributed by atoms with Crippen LogP contribution in [0.2, 0.25) is 0 Å². The van der Waals surface area contributed by atoms with Crippen LogP contribution in [0.1, 0.15) is 55.3 Å². The Balaban J connectivity index is 0.000000614. The number of carbonyl (C=O) groups is 6. The Morgan fingerprint density at radius 1 is 0.395 bits per heavy atom. The molecule has 6 amide bonds. The molecule has 81 heavy (non-hydrogen) atoms. The maximum atomic E-state index is 13.6. The molecule has 0 heterocycles. The normalized spacial score (nSPS) is 12.9. The van der Waals surface area contributed by atoms with Gasteiger partial charge in [-0.1, -0.05) is 0 Å². The SMILES string of the molecule is CC(=O)N(CC(O)CN(C(C)=O)c1c(I)c(C(=O)NCC(O)CO)c(I)c(C(=O)NCC(O)CO)c1I)c1c(I)c(C(=O)NCC(O)CO)c(I)c(C(=O)NCC(O)CO)c1I.c1cc[c]([Bi]([c]2ccccc2)[c]2ccccc2)cc1. The van der Waals surface area contributed by atoms with Crippen LogP contribution in [0.4, 0.5) is 11.4 Å². The van der Waals surface area contributed by atoms with Crippen molar-refractivity contribution in [2.75, 3.05) is 75.5 Å². The molecule has 0 aliphatic heterocycles. The van der Waals surface area contributed by atoms with Crippen molar-refractivity contribution >= 4 is 214 Å². The number of hydrogen-bond acceptors (Lipinski definition) is 15. The van der Waals surface area contributed by atoms with Gasteiger partial charge in [0.15, 0.2) is 0 Å². The van der Waals surface area contributed by atoms with Gasteiger partial charge in [-0.15, -0.1) is 0 Å². The molecule has 0 saturated heterocycles. The zero-order valence-electron chi connectivity index (χ0n) is 43.2. The van der Waals surface area contributed by atoms with Gasteiger partial charge in [0, 0.05) is 47.2 Å². The summed E-state index contributed by atoms with van der Waals surface area (Å²) in [6.07, 6.45) is -6.95. The summed E-state index contributed by atoms with van der Waals surface area (Å²) in [5.74, 6) is -4.60. The maximum absolute atomic E-state index is 13.6. The van der Waals surface area contributed by atoms with E-state index in [4.69, 9.17) is 0 Å². The number of amides is 6. The Bertz CT molecular complexity index is 2640. The van der Waals surface area contributed by atoms with Crippen LogP contribution in [0, 0.1) is 21.4 Å². The van der Waals surface area contributed by atoms with Crippen molar-refractivity contribution in [1.29, 1.82) is 0 Å². The van der Waals surface area contributed by atoms with Gasteiger partial charge in [-0.3, -0.25) is 28.8 Å². The number of benzene rings is 5. The first-order valence-electron chi connectivity index (χ1n) is 24.3. The quantitative estimate of drug-likeness (QED) is 0.0281. The molecule has 0 saturated carbocycles. The molecule has 0 radical (unpaired) electrons. The summed E-state index contributed by atoms with van der Waals surface area (Å²) in [7, 11) is 0. The van der Waals surface area contributed by atoms with E-state index in [9.17, 15) is 74.7 Å². The summed E-state index contributed by atoms with van der Waals surface area (Å²) in [5, 5.41) is 98.5. The number of halogens is 6. The fraction of sp³-hybridized carbons (Fsp3) is 0.321. The van der Waals surface area contributed by atoms with Gasteiger partial charge in [-0.2, -0.15) is 0 Å². The molecule has 5 rings (SSSR count). The first kappa shape index (κ1) is 71.3. The molecule has 21 nitrogen and oxygen atoms in total. The van der Waals surface area contributed by atoms with Gasteiger partial charge in [-0.25, -0.2) is 0 Å². The van der Waals surface area contributed by atoms with Crippen LogP contribution in [0.25, 0.3) is 0 Å². The third kappa shape index (κ3) is 19.9. The van der Waals surface area contributed by atoms with E-state index in [-0.39, 0.29) is 81.2 Å². The molecule has 0 bridgehead atoms. The molecular weight excluding hydrogens is 1930 g/mol. The van der Waals surface area contributed by atoms with Crippen LogP contribution in [0.5, 0.6) is 0 Å². The van der Waals surface area contributed by atoms with E-state index in [1.54, 1.807) is 136 Å². The van der Waals surface area contributed by atoms with Crippen molar-refractivity contribution < 1.29 is 74.7 Å². The molecule has 438 valence electrons. The summed E-state index contributed by atoms with van der Waals surface area (Å²) in [5.41, 5.74) is -0.516. The zero-order valence-corrected chi connectivity index (χ0v) is 59.6. The molecule has 0 aromatic heterocycles. The number of rotatable bonds is 25. The summed E-state index contributed by atoms with van der Waals surface area (Å²) in [6.45, 7) is -3.09.